The minimum absolute atomic E-state index is 0.0156. The normalized spacial score (nSPS) is 11.6. The Morgan fingerprint density at radius 1 is 1.03 bits per heavy atom. The van der Waals surface area contributed by atoms with Gasteiger partial charge in [0.2, 0.25) is 15.9 Å². The average Bonchev–Trinajstić information content (AvgIpc) is 2.78. The van der Waals surface area contributed by atoms with Crippen LogP contribution < -0.4 is 14.3 Å². The van der Waals surface area contributed by atoms with Gasteiger partial charge in [0.1, 0.15) is 5.82 Å². The third kappa shape index (κ3) is 7.41. The molecule has 1 amide bonds. The fourth-order valence-corrected chi connectivity index (χ4v) is 5.45. The summed E-state index contributed by atoms with van der Waals surface area (Å²) in [4.78, 5) is 16.3. The van der Waals surface area contributed by atoms with Gasteiger partial charge < -0.3 is 5.32 Å². The fraction of sp³-hybridized carbons (Fsp3) is 0.217. The Labute approximate surface area is 210 Å². The summed E-state index contributed by atoms with van der Waals surface area (Å²) in [6, 6.07) is 15.5. The first-order chi connectivity index (χ1) is 16.5. The summed E-state index contributed by atoms with van der Waals surface area (Å²) in [5.41, 5.74) is 1.63. The van der Waals surface area contributed by atoms with E-state index in [1.165, 1.54) is 40.8 Å². The molecule has 0 aliphatic rings. The van der Waals surface area contributed by atoms with Crippen molar-refractivity contribution in [2.75, 3.05) is 27.1 Å². The molecular weight excluding hydrogens is 512 g/mol. The summed E-state index contributed by atoms with van der Waals surface area (Å²) in [6.45, 7) is 1.89. The summed E-state index contributed by atoms with van der Waals surface area (Å²) in [6.07, 6.45) is 2.91. The molecule has 186 valence electrons. The number of anilines is 3. The monoisotopic (exact) mass is 536 g/mol. The number of sulfonamides is 2. The van der Waals surface area contributed by atoms with Crippen LogP contribution in [0.15, 0.2) is 71.8 Å². The number of aromatic nitrogens is 1. The van der Waals surface area contributed by atoms with Crippen LogP contribution in [-0.4, -0.2) is 40.5 Å². The number of amides is 1. The lowest BCUT2D eigenvalue weighted by atomic mass is 10.2. The molecule has 2 aromatic carbocycles. The van der Waals surface area contributed by atoms with Crippen molar-refractivity contribution in [3.05, 3.63) is 77.4 Å². The Hall–Kier alpha value is -3.15. The van der Waals surface area contributed by atoms with Crippen LogP contribution in [0.1, 0.15) is 18.4 Å². The molecule has 0 saturated carbocycles. The number of carbonyl (C=O) groups excluding carboxylic acids is 1. The smallest absolute Gasteiger partial charge is 0.263 e. The van der Waals surface area contributed by atoms with Crippen LogP contribution in [0.5, 0.6) is 0 Å². The van der Waals surface area contributed by atoms with Gasteiger partial charge in [0.25, 0.3) is 10.0 Å². The lowest BCUT2D eigenvalue weighted by Gasteiger charge is -2.24. The second-order valence-corrected chi connectivity index (χ2v) is 11.8. The summed E-state index contributed by atoms with van der Waals surface area (Å²) in [5, 5.41) is 3.10. The maximum absolute atomic E-state index is 12.5. The second kappa shape index (κ2) is 11.1. The van der Waals surface area contributed by atoms with Gasteiger partial charge in [-0.1, -0.05) is 23.7 Å². The Bertz CT molecular complexity index is 1400. The third-order valence-electron chi connectivity index (χ3n) is 4.96. The van der Waals surface area contributed by atoms with Crippen LogP contribution >= 0.6 is 11.6 Å². The van der Waals surface area contributed by atoms with Gasteiger partial charge in [-0.3, -0.25) is 13.8 Å². The molecule has 2 N–H and O–H groups in total. The van der Waals surface area contributed by atoms with Crippen molar-refractivity contribution < 1.29 is 21.6 Å². The Morgan fingerprint density at radius 3 is 2.37 bits per heavy atom. The van der Waals surface area contributed by atoms with E-state index in [1.54, 1.807) is 37.3 Å². The van der Waals surface area contributed by atoms with Gasteiger partial charge in [0, 0.05) is 29.9 Å². The van der Waals surface area contributed by atoms with E-state index in [4.69, 9.17) is 11.6 Å². The summed E-state index contributed by atoms with van der Waals surface area (Å²) < 4.78 is 53.2. The highest BCUT2D eigenvalue weighted by Crippen LogP contribution is 2.26. The maximum Gasteiger partial charge on any atom is 0.263 e. The molecule has 1 heterocycles. The highest BCUT2D eigenvalue weighted by Gasteiger charge is 2.20. The van der Waals surface area contributed by atoms with Crippen LogP contribution in [0, 0.1) is 6.92 Å². The minimum atomic E-state index is -3.83. The van der Waals surface area contributed by atoms with E-state index in [9.17, 15) is 21.6 Å². The first-order valence-electron chi connectivity index (χ1n) is 10.5. The predicted molar refractivity (Wildman–Crippen MR) is 138 cm³/mol. The number of aryl methyl sites for hydroxylation is 1. The molecule has 3 aromatic rings. The van der Waals surface area contributed by atoms with Crippen LogP contribution in [-0.2, 0) is 24.8 Å². The molecule has 0 bridgehead atoms. The number of halogens is 1. The summed E-state index contributed by atoms with van der Waals surface area (Å²) in [7, 11) is -7.41. The molecule has 0 radical (unpaired) electrons. The van der Waals surface area contributed by atoms with Crippen molar-refractivity contribution in [1.82, 2.24) is 4.98 Å². The first kappa shape index (κ1) is 26.5. The van der Waals surface area contributed by atoms with Crippen LogP contribution in [0.2, 0.25) is 5.02 Å². The number of carbonyl (C=O) groups is 1. The van der Waals surface area contributed by atoms with Crippen LogP contribution in [0.3, 0.4) is 0 Å². The van der Waals surface area contributed by atoms with Gasteiger partial charge in [-0.05, 0) is 67.4 Å². The molecular formula is C23H25ClN4O5S2. The first-order valence-corrected chi connectivity index (χ1v) is 14.2. The van der Waals surface area contributed by atoms with Gasteiger partial charge in [-0.25, -0.2) is 21.8 Å². The van der Waals surface area contributed by atoms with Gasteiger partial charge in [-0.15, -0.1) is 0 Å². The van der Waals surface area contributed by atoms with Crippen molar-refractivity contribution in [2.45, 2.75) is 24.7 Å². The van der Waals surface area contributed by atoms with Gasteiger partial charge in [0.15, 0.2) is 0 Å². The van der Waals surface area contributed by atoms with Crippen molar-refractivity contribution in [3.8, 4) is 0 Å². The maximum atomic E-state index is 12.5. The van der Waals surface area contributed by atoms with Crippen LogP contribution in [0.4, 0.5) is 17.2 Å². The lowest BCUT2D eigenvalue weighted by molar-refractivity contribution is -0.116. The quantitative estimate of drug-likeness (QED) is 0.403. The Morgan fingerprint density at radius 2 is 1.74 bits per heavy atom. The molecule has 0 unspecified atom stereocenters. The van der Waals surface area contributed by atoms with Crippen molar-refractivity contribution in [3.63, 3.8) is 0 Å². The molecule has 0 saturated heterocycles. The molecule has 0 atom stereocenters. The number of nitrogens with one attached hydrogen (secondary N) is 2. The van der Waals surface area contributed by atoms with Gasteiger partial charge >= 0.3 is 0 Å². The van der Waals surface area contributed by atoms with Crippen molar-refractivity contribution >= 4 is 54.7 Å². The predicted octanol–water partition coefficient (Wildman–Crippen LogP) is 4.03. The number of hydrogen-bond acceptors (Lipinski definition) is 6. The molecule has 0 aliphatic heterocycles. The molecule has 0 aliphatic carbocycles. The highest BCUT2D eigenvalue weighted by molar-refractivity contribution is 7.92. The highest BCUT2D eigenvalue weighted by atomic mass is 35.5. The second-order valence-electron chi connectivity index (χ2n) is 7.76. The standard InChI is InChI=1S/C23H25ClN4O5S2/c1-17-8-9-18(24)16-21(17)28(34(2,30)31)15-5-7-23(29)26-19-10-12-20(13-11-19)35(32,33)27-22-6-3-4-14-25-22/h3-4,6,8-14,16H,5,7,15H2,1-2H3,(H,25,27)(H,26,29). The Kier molecular flexibility index (Phi) is 8.36. The summed E-state index contributed by atoms with van der Waals surface area (Å²) in [5.74, 6) is -0.135. The minimum Gasteiger partial charge on any atom is -0.326 e. The number of rotatable bonds is 10. The lowest BCUT2D eigenvalue weighted by Crippen LogP contribution is -2.32. The molecule has 9 nitrogen and oxygen atoms in total. The van der Waals surface area contributed by atoms with Crippen molar-refractivity contribution in [1.29, 1.82) is 0 Å². The fourth-order valence-electron chi connectivity index (χ4n) is 3.26. The molecule has 1 aromatic heterocycles. The number of pyridine rings is 1. The van der Waals surface area contributed by atoms with Crippen LogP contribution in [0.25, 0.3) is 0 Å². The SMILES string of the molecule is Cc1ccc(Cl)cc1N(CCCC(=O)Nc1ccc(S(=O)(=O)Nc2ccccn2)cc1)S(C)(=O)=O. The van der Waals surface area contributed by atoms with E-state index in [0.29, 0.717) is 16.4 Å². The molecule has 0 fully saturated rings. The van der Waals surface area contributed by atoms with Crippen molar-refractivity contribution in [2.24, 2.45) is 0 Å². The van der Waals surface area contributed by atoms with E-state index in [1.807, 2.05) is 0 Å². The zero-order valence-corrected chi connectivity index (χ0v) is 21.5. The number of nitrogens with zero attached hydrogens (tertiary/aromatic N) is 2. The molecule has 0 spiro atoms. The molecule has 35 heavy (non-hydrogen) atoms. The van der Waals surface area contributed by atoms with Gasteiger partial charge in [-0.2, -0.15) is 0 Å². The molecule has 3 rings (SSSR count). The van der Waals surface area contributed by atoms with E-state index >= 15 is 0 Å². The number of hydrogen-bond donors (Lipinski definition) is 2. The average molecular weight is 537 g/mol. The Balaban J connectivity index is 1.59. The van der Waals surface area contributed by atoms with Gasteiger partial charge in [0.05, 0.1) is 16.8 Å². The van der Waals surface area contributed by atoms with E-state index in [-0.39, 0.29) is 36.0 Å². The summed E-state index contributed by atoms with van der Waals surface area (Å²) >= 11 is 6.04. The largest absolute Gasteiger partial charge is 0.326 e. The number of benzene rings is 2. The van der Waals surface area contributed by atoms with E-state index in [0.717, 1.165) is 11.8 Å². The topological polar surface area (TPSA) is 126 Å². The van der Waals surface area contributed by atoms with E-state index in [2.05, 4.69) is 15.0 Å². The molecule has 12 heteroatoms. The third-order valence-corrected chi connectivity index (χ3v) is 7.74. The zero-order valence-electron chi connectivity index (χ0n) is 19.1. The van der Waals surface area contributed by atoms with E-state index < -0.39 is 20.0 Å². The zero-order chi connectivity index (χ0) is 25.6.